The Morgan fingerprint density at radius 1 is 0.833 bits per heavy atom. The molecule has 2 aliphatic heterocycles. The fourth-order valence-electron chi connectivity index (χ4n) is 4.08. The van der Waals surface area contributed by atoms with Gasteiger partial charge in [0.25, 0.3) is 11.8 Å². The van der Waals surface area contributed by atoms with Gasteiger partial charge in [0.05, 0.1) is 31.3 Å². The summed E-state index contributed by atoms with van der Waals surface area (Å²) in [5.74, 6) is -2.36. The highest BCUT2D eigenvalue weighted by molar-refractivity contribution is 6.38. The van der Waals surface area contributed by atoms with E-state index < -0.39 is 35.5 Å². The van der Waals surface area contributed by atoms with Crippen LogP contribution in [-0.2, 0) is 19.2 Å². The van der Waals surface area contributed by atoms with E-state index in [4.69, 9.17) is 16.2 Å². The molecule has 2 saturated heterocycles. The van der Waals surface area contributed by atoms with Crippen LogP contribution in [0.15, 0.2) is 36.4 Å². The highest BCUT2D eigenvalue weighted by Gasteiger charge is 2.64. The fraction of sp³-hybridized carbons (Fsp3) is 0.238. The van der Waals surface area contributed by atoms with Gasteiger partial charge >= 0.3 is 0 Å². The number of rotatable bonds is 3. The fourth-order valence-corrected chi connectivity index (χ4v) is 4.08. The van der Waals surface area contributed by atoms with Gasteiger partial charge in [0.15, 0.2) is 0 Å². The third-order valence-electron chi connectivity index (χ3n) is 5.54. The molecule has 9 heteroatoms. The lowest BCUT2D eigenvalue weighted by Gasteiger charge is -2.22. The molecule has 0 aromatic heterocycles. The first-order valence-electron chi connectivity index (χ1n) is 9.24. The molecule has 0 radical (unpaired) electrons. The number of anilines is 4. The molecule has 0 bridgehead atoms. The maximum absolute atomic E-state index is 13.4. The van der Waals surface area contributed by atoms with E-state index in [-0.39, 0.29) is 17.9 Å². The van der Waals surface area contributed by atoms with Crippen LogP contribution in [0.5, 0.6) is 5.75 Å². The zero-order valence-electron chi connectivity index (χ0n) is 16.5. The van der Waals surface area contributed by atoms with E-state index in [1.165, 1.54) is 25.3 Å². The SMILES string of the molecule is COc1cc(N)ccc1N1C(=O)C[C@]2(CC(=O)N(c3ccc(N)cc3C)C2=O)C1=O. The molecule has 4 rings (SSSR count). The molecule has 2 heterocycles. The summed E-state index contributed by atoms with van der Waals surface area (Å²) >= 11 is 0. The Bertz CT molecular complexity index is 1130. The van der Waals surface area contributed by atoms with Crippen LogP contribution in [0.4, 0.5) is 22.7 Å². The molecular weight excluding hydrogens is 388 g/mol. The number of benzene rings is 2. The number of carbonyl (C=O) groups excluding carboxylic acids is 4. The normalized spacial score (nSPS) is 21.3. The minimum atomic E-state index is -1.77. The lowest BCUT2D eigenvalue weighted by atomic mass is 9.84. The van der Waals surface area contributed by atoms with Crippen molar-refractivity contribution in [3.8, 4) is 5.75 Å². The molecule has 30 heavy (non-hydrogen) atoms. The van der Waals surface area contributed by atoms with Gasteiger partial charge in [-0.2, -0.15) is 0 Å². The molecular formula is C21H20N4O5. The highest BCUT2D eigenvalue weighted by atomic mass is 16.5. The van der Waals surface area contributed by atoms with Crippen molar-refractivity contribution in [2.45, 2.75) is 19.8 Å². The molecule has 2 aromatic carbocycles. The van der Waals surface area contributed by atoms with Crippen LogP contribution in [0.25, 0.3) is 0 Å². The van der Waals surface area contributed by atoms with E-state index in [2.05, 4.69) is 0 Å². The van der Waals surface area contributed by atoms with E-state index >= 15 is 0 Å². The smallest absolute Gasteiger partial charge is 0.250 e. The third kappa shape index (κ3) is 2.62. The Hall–Kier alpha value is -3.88. The summed E-state index contributed by atoms with van der Waals surface area (Å²) in [7, 11) is 1.38. The number of amides is 4. The zero-order valence-corrected chi connectivity index (χ0v) is 16.5. The first kappa shape index (κ1) is 19.4. The van der Waals surface area contributed by atoms with E-state index in [1.54, 1.807) is 25.1 Å². The Balaban J connectivity index is 1.76. The Kier molecular flexibility index (Phi) is 4.26. The second-order valence-electron chi connectivity index (χ2n) is 7.48. The predicted molar refractivity (Wildman–Crippen MR) is 110 cm³/mol. The first-order chi connectivity index (χ1) is 14.2. The van der Waals surface area contributed by atoms with E-state index in [0.29, 0.717) is 22.6 Å². The molecule has 2 aromatic rings. The number of hydrogen-bond acceptors (Lipinski definition) is 7. The zero-order chi connectivity index (χ0) is 21.8. The van der Waals surface area contributed by atoms with Crippen LogP contribution in [0.1, 0.15) is 18.4 Å². The van der Waals surface area contributed by atoms with Crippen LogP contribution >= 0.6 is 0 Å². The molecule has 4 amide bonds. The van der Waals surface area contributed by atoms with Crippen molar-refractivity contribution >= 4 is 46.4 Å². The molecule has 1 spiro atoms. The van der Waals surface area contributed by atoms with Gasteiger partial charge in [0.2, 0.25) is 11.8 Å². The van der Waals surface area contributed by atoms with Crippen molar-refractivity contribution in [1.82, 2.24) is 0 Å². The highest BCUT2D eigenvalue weighted by Crippen LogP contribution is 2.47. The van der Waals surface area contributed by atoms with Gasteiger partial charge in [0, 0.05) is 17.4 Å². The van der Waals surface area contributed by atoms with Crippen LogP contribution in [0, 0.1) is 12.3 Å². The van der Waals surface area contributed by atoms with Crippen molar-refractivity contribution in [2.24, 2.45) is 5.41 Å². The largest absolute Gasteiger partial charge is 0.494 e. The third-order valence-corrected chi connectivity index (χ3v) is 5.54. The molecule has 2 fully saturated rings. The summed E-state index contributed by atoms with van der Waals surface area (Å²) < 4.78 is 5.25. The second-order valence-corrected chi connectivity index (χ2v) is 7.48. The number of nitrogens with zero attached hydrogens (tertiary/aromatic N) is 2. The van der Waals surface area contributed by atoms with E-state index in [9.17, 15) is 19.2 Å². The molecule has 2 aliphatic rings. The molecule has 154 valence electrons. The number of carbonyl (C=O) groups is 4. The average Bonchev–Trinajstić information content (AvgIpc) is 3.08. The van der Waals surface area contributed by atoms with Gasteiger partial charge in [-0.15, -0.1) is 0 Å². The van der Waals surface area contributed by atoms with E-state index in [0.717, 1.165) is 9.80 Å². The Morgan fingerprint density at radius 2 is 1.33 bits per heavy atom. The summed E-state index contributed by atoms with van der Waals surface area (Å²) in [6.07, 6.45) is -0.775. The lowest BCUT2D eigenvalue weighted by Crippen LogP contribution is -2.42. The quantitative estimate of drug-likeness (QED) is 0.445. The lowest BCUT2D eigenvalue weighted by molar-refractivity contribution is -0.136. The topological polar surface area (TPSA) is 136 Å². The standard InChI is InChI=1S/C21H20N4O5/c1-11-7-12(22)3-5-14(11)24-17(26)9-21(19(24)28)10-18(27)25(20(21)29)15-6-4-13(23)8-16(15)30-2/h3-8H,9-10,22-23H2,1-2H3/t21-/m0/s1. The summed E-state index contributed by atoms with van der Waals surface area (Å²) in [6.45, 7) is 1.71. The molecule has 0 aliphatic carbocycles. The maximum atomic E-state index is 13.4. The summed E-state index contributed by atoms with van der Waals surface area (Å²) in [5, 5.41) is 0. The minimum absolute atomic E-state index is 0.181. The van der Waals surface area contributed by atoms with Gasteiger partial charge < -0.3 is 16.2 Å². The number of nitrogen functional groups attached to an aromatic ring is 2. The number of imide groups is 2. The van der Waals surface area contributed by atoms with Gasteiger partial charge in [-0.1, -0.05) is 0 Å². The van der Waals surface area contributed by atoms with Crippen molar-refractivity contribution in [3.05, 3.63) is 42.0 Å². The van der Waals surface area contributed by atoms with Crippen molar-refractivity contribution < 1.29 is 23.9 Å². The Morgan fingerprint density at radius 3 is 1.87 bits per heavy atom. The average molecular weight is 408 g/mol. The van der Waals surface area contributed by atoms with Crippen molar-refractivity contribution in [1.29, 1.82) is 0 Å². The first-order valence-corrected chi connectivity index (χ1v) is 9.24. The van der Waals surface area contributed by atoms with Gasteiger partial charge in [-0.05, 0) is 42.8 Å². The number of nitrogens with two attached hydrogens (primary N) is 2. The van der Waals surface area contributed by atoms with Crippen molar-refractivity contribution in [3.63, 3.8) is 0 Å². The number of aryl methyl sites for hydroxylation is 1. The van der Waals surface area contributed by atoms with Crippen LogP contribution in [-0.4, -0.2) is 30.7 Å². The second kappa shape index (κ2) is 6.58. The Labute approximate surface area is 172 Å². The van der Waals surface area contributed by atoms with Crippen molar-refractivity contribution in [2.75, 3.05) is 28.4 Å². The molecule has 4 N–H and O–H groups in total. The maximum Gasteiger partial charge on any atom is 0.250 e. The summed E-state index contributed by atoms with van der Waals surface area (Å²) in [6, 6.07) is 9.24. The van der Waals surface area contributed by atoms with E-state index in [1.807, 2.05) is 0 Å². The van der Waals surface area contributed by atoms with Crippen LogP contribution in [0.2, 0.25) is 0 Å². The molecule has 1 atom stereocenters. The molecule has 0 unspecified atom stereocenters. The minimum Gasteiger partial charge on any atom is -0.494 e. The molecule has 0 saturated carbocycles. The predicted octanol–water partition coefficient (Wildman–Crippen LogP) is 1.38. The van der Waals surface area contributed by atoms with Crippen LogP contribution in [0.3, 0.4) is 0 Å². The van der Waals surface area contributed by atoms with Gasteiger partial charge in [-0.3, -0.25) is 19.2 Å². The molecule has 9 nitrogen and oxygen atoms in total. The number of methoxy groups -OCH3 is 1. The summed E-state index contributed by atoms with van der Waals surface area (Å²) in [4.78, 5) is 54.2. The number of ether oxygens (including phenoxy) is 1. The van der Waals surface area contributed by atoms with Gasteiger partial charge in [-0.25, -0.2) is 9.80 Å². The van der Waals surface area contributed by atoms with Crippen LogP contribution < -0.4 is 26.0 Å². The van der Waals surface area contributed by atoms with Gasteiger partial charge in [0.1, 0.15) is 11.2 Å². The number of hydrogen-bond donors (Lipinski definition) is 2. The summed E-state index contributed by atoms with van der Waals surface area (Å²) in [5.41, 5.74) is 11.8. The monoisotopic (exact) mass is 408 g/mol.